The predicted molar refractivity (Wildman–Crippen MR) is 71.8 cm³/mol. The van der Waals surface area contributed by atoms with Crippen LogP contribution in [0.25, 0.3) is 0 Å². The summed E-state index contributed by atoms with van der Waals surface area (Å²) in [5, 5.41) is 8.77. The van der Waals surface area contributed by atoms with Gasteiger partial charge in [0.15, 0.2) is 0 Å². The lowest BCUT2D eigenvalue weighted by molar-refractivity contribution is -0.138. The molecule has 2 amide bonds. The van der Waals surface area contributed by atoms with Crippen LogP contribution in [0.1, 0.15) is 32.6 Å². The first-order valence-corrected chi connectivity index (χ1v) is 7.19. The van der Waals surface area contributed by atoms with Crippen LogP contribution < -0.4 is 0 Å². The van der Waals surface area contributed by atoms with E-state index < -0.39 is 5.97 Å². The van der Waals surface area contributed by atoms with Gasteiger partial charge >= 0.3 is 12.0 Å². The molecular weight excluding hydrogens is 244 g/mol. The van der Waals surface area contributed by atoms with E-state index in [1.165, 1.54) is 6.42 Å². The second-order valence-electron chi connectivity index (χ2n) is 6.16. The first-order valence-electron chi connectivity index (χ1n) is 7.19. The number of amides is 2. The van der Waals surface area contributed by atoms with E-state index in [-0.39, 0.29) is 18.4 Å². The lowest BCUT2D eigenvalue weighted by atomic mass is 9.94. The summed E-state index contributed by atoms with van der Waals surface area (Å²) in [6.07, 6.45) is 3.09. The van der Waals surface area contributed by atoms with Crippen molar-refractivity contribution in [1.29, 1.82) is 0 Å². The molecule has 0 aromatic rings. The number of nitrogens with zero attached hydrogens (tertiary/aromatic N) is 2. The third-order valence-electron chi connectivity index (χ3n) is 4.46. The zero-order chi connectivity index (χ0) is 14.0. The van der Waals surface area contributed by atoms with Crippen molar-refractivity contribution in [3.8, 4) is 0 Å². The fraction of sp³-hybridized carbons (Fsp3) is 0.857. The number of piperidine rings is 1. The molecule has 1 heterocycles. The molecule has 2 aliphatic rings. The highest BCUT2D eigenvalue weighted by molar-refractivity contribution is 5.74. The highest BCUT2D eigenvalue weighted by atomic mass is 16.4. The Morgan fingerprint density at radius 1 is 1.32 bits per heavy atom. The van der Waals surface area contributed by atoms with Crippen molar-refractivity contribution in [3.63, 3.8) is 0 Å². The highest BCUT2D eigenvalue weighted by Crippen LogP contribution is 2.38. The van der Waals surface area contributed by atoms with Crippen molar-refractivity contribution in [2.24, 2.45) is 17.8 Å². The second-order valence-corrected chi connectivity index (χ2v) is 6.16. The SMILES string of the molecule is CC1CC1CN(C)C(=O)N1CCC(CC(=O)O)CC1. The first kappa shape index (κ1) is 14.2. The van der Waals surface area contributed by atoms with Gasteiger partial charge in [-0.1, -0.05) is 6.92 Å². The van der Waals surface area contributed by atoms with E-state index in [4.69, 9.17) is 5.11 Å². The van der Waals surface area contributed by atoms with Crippen molar-refractivity contribution in [2.45, 2.75) is 32.6 Å². The van der Waals surface area contributed by atoms with Crippen LogP contribution in [0.3, 0.4) is 0 Å². The third kappa shape index (κ3) is 3.85. The van der Waals surface area contributed by atoms with Crippen molar-refractivity contribution in [3.05, 3.63) is 0 Å². The number of likely N-dealkylation sites (tertiary alicyclic amines) is 1. The third-order valence-corrected chi connectivity index (χ3v) is 4.46. The van der Waals surface area contributed by atoms with Crippen molar-refractivity contribution >= 4 is 12.0 Å². The van der Waals surface area contributed by atoms with Crippen LogP contribution >= 0.6 is 0 Å². The summed E-state index contributed by atoms with van der Waals surface area (Å²) in [5.74, 6) is 0.940. The molecular formula is C14H24N2O3. The average Bonchev–Trinajstić information content (AvgIpc) is 3.04. The van der Waals surface area contributed by atoms with Gasteiger partial charge in [-0.25, -0.2) is 4.79 Å². The van der Waals surface area contributed by atoms with Gasteiger partial charge in [-0.2, -0.15) is 0 Å². The molecule has 19 heavy (non-hydrogen) atoms. The van der Waals surface area contributed by atoms with Gasteiger partial charge in [-0.3, -0.25) is 4.79 Å². The summed E-state index contributed by atoms with van der Waals surface area (Å²) in [6, 6.07) is 0.105. The molecule has 5 nitrogen and oxygen atoms in total. The van der Waals surface area contributed by atoms with Crippen LogP contribution in [0.2, 0.25) is 0 Å². The number of hydrogen-bond acceptors (Lipinski definition) is 2. The minimum Gasteiger partial charge on any atom is -0.481 e. The lowest BCUT2D eigenvalue weighted by Gasteiger charge is -2.34. The fourth-order valence-electron chi connectivity index (χ4n) is 2.90. The summed E-state index contributed by atoms with van der Waals surface area (Å²) in [5.41, 5.74) is 0. The molecule has 0 spiro atoms. The van der Waals surface area contributed by atoms with Crippen molar-refractivity contribution in [1.82, 2.24) is 9.80 Å². The van der Waals surface area contributed by atoms with Gasteiger partial charge in [0.2, 0.25) is 0 Å². The number of carbonyl (C=O) groups excluding carboxylic acids is 1. The number of carbonyl (C=O) groups is 2. The number of rotatable bonds is 4. The van der Waals surface area contributed by atoms with Crippen LogP contribution in [0.5, 0.6) is 0 Å². The second kappa shape index (κ2) is 5.80. The van der Waals surface area contributed by atoms with E-state index in [1.807, 2.05) is 16.8 Å². The van der Waals surface area contributed by atoms with Gasteiger partial charge in [0, 0.05) is 33.1 Å². The number of hydrogen-bond donors (Lipinski definition) is 1. The summed E-state index contributed by atoms with van der Waals surface area (Å²) in [4.78, 5) is 26.6. The lowest BCUT2D eigenvalue weighted by Crippen LogP contribution is -2.46. The molecule has 1 saturated carbocycles. The summed E-state index contributed by atoms with van der Waals surface area (Å²) >= 11 is 0. The quantitative estimate of drug-likeness (QED) is 0.847. The largest absolute Gasteiger partial charge is 0.481 e. The molecule has 0 aromatic heterocycles. The smallest absolute Gasteiger partial charge is 0.319 e. The van der Waals surface area contributed by atoms with Gasteiger partial charge in [-0.15, -0.1) is 0 Å². The van der Waals surface area contributed by atoms with Crippen LogP contribution in [0, 0.1) is 17.8 Å². The van der Waals surface area contributed by atoms with Crippen molar-refractivity contribution < 1.29 is 14.7 Å². The Bertz CT molecular complexity index is 351. The number of carboxylic acid groups (broad SMARTS) is 1. The summed E-state index contributed by atoms with van der Waals surface area (Å²) in [6.45, 7) is 4.47. The van der Waals surface area contributed by atoms with E-state index in [0.717, 1.165) is 25.3 Å². The Hall–Kier alpha value is -1.26. The van der Waals surface area contributed by atoms with Crippen LogP contribution in [0.15, 0.2) is 0 Å². The minimum absolute atomic E-state index is 0.105. The van der Waals surface area contributed by atoms with Crippen LogP contribution in [-0.2, 0) is 4.79 Å². The maximum Gasteiger partial charge on any atom is 0.319 e. The average molecular weight is 268 g/mol. The molecule has 1 aliphatic carbocycles. The molecule has 1 aliphatic heterocycles. The monoisotopic (exact) mass is 268 g/mol. The molecule has 0 radical (unpaired) electrons. The molecule has 1 saturated heterocycles. The van der Waals surface area contributed by atoms with E-state index in [0.29, 0.717) is 19.0 Å². The molecule has 108 valence electrons. The Morgan fingerprint density at radius 3 is 2.37 bits per heavy atom. The standard InChI is InChI=1S/C14H24N2O3/c1-10-7-12(10)9-15(2)14(19)16-5-3-11(4-6-16)8-13(17)18/h10-12H,3-9H2,1-2H3,(H,17,18). The Kier molecular flexibility index (Phi) is 4.32. The topological polar surface area (TPSA) is 60.9 Å². The maximum atomic E-state index is 12.2. The van der Waals surface area contributed by atoms with Gasteiger partial charge < -0.3 is 14.9 Å². The molecule has 5 heteroatoms. The molecule has 2 atom stereocenters. The highest BCUT2D eigenvalue weighted by Gasteiger charge is 2.35. The first-order chi connectivity index (χ1) is 8.97. The van der Waals surface area contributed by atoms with Gasteiger partial charge in [0.05, 0.1) is 0 Å². The van der Waals surface area contributed by atoms with E-state index >= 15 is 0 Å². The van der Waals surface area contributed by atoms with Crippen LogP contribution in [-0.4, -0.2) is 53.6 Å². The van der Waals surface area contributed by atoms with Gasteiger partial charge in [0.1, 0.15) is 0 Å². The zero-order valence-electron chi connectivity index (χ0n) is 11.8. The number of urea groups is 1. The molecule has 0 aromatic carbocycles. The fourth-order valence-corrected chi connectivity index (χ4v) is 2.90. The zero-order valence-corrected chi connectivity index (χ0v) is 11.8. The Labute approximate surface area is 114 Å². The Balaban J connectivity index is 1.73. The van der Waals surface area contributed by atoms with E-state index in [2.05, 4.69) is 6.92 Å². The molecule has 1 N–H and O–H groups in total. The molecule has 2 rings (SSSR count). The van der Waals surface area contributed by atoms with E-state index in [9.17, 15) is 9.59 Å². The normalized spacial score (nSPS) is 27.2. The van der Waals surface area contributed by atoms with Gasteiger partial charge in [0.25, 0.3) is 0 Å². The molecule has 0 bridgehead atoms. The number of aliphatic carboxylic acids is 1. The van der Waals surface area contributed by atoms with Gasteiger partial charge in [-0.05, 0) is 37.0 Å². The summed E-state index contributed by atoms with van der Waals surface area (Å²) < 4.78 is 0. The minimum atomic E-state index is -0.732. The molecule has 2 fully saturated rings. The maximum absolute atomic E-state index is 12.2. The molecule has 2 unspecified atom stereocenters. The predicted octanol–water partition coefficient (Wildman–Crippen LogP) is 1.88. The summed E-state index contributed by atoms with van der Waals surface area (Å²) in [7, 11) is 1.87. The Morgan fingerprint density at radius 2 is 1.89 bits per heavy atom. The van der Waals surface area contributed by atoms with Crippen LogP contribution in [0.4, 0.5) is 4.79 Å². The number of carboxylic acids is 1. The van der Waals surface area contributed by atoms with E-state index in [1.54, 1.807) is 0 Å². The van der Waals surface area contributed by atoms with Crippen molar-refractivity contribution in [2.75, 3.05) is 26.7 Å².